The molecule has 2 aliphatic carbocycles. The second kappa shape index (κ2) is 5.37. The van der Waals surface area contributed by atoms with Gasteiger partial charge in [-0.25, -0.2) is 0 Å². The lowest BCUT2D eigenvalue weighted by Gasteiger charge is -2.57. The molecular formula is C17H33NO. The highest BCUT2D eigenvalue weighted by molar-refractivity contribution is 5.07. The molecule has 0 heterocycles. The van der Waals surface area contributed by atoms with Crippen LogP contribution in [-0.2, 0) is 0 Å². The van der Waals surface area contributed by atoms with E-state index in [2.05, 4.69) is 20.8 Å². The summed E-state index contributed by atoms with van der Waals surface area (Å²) in [6, 6.07) is 0. The van der Waals surface area contributed by atoms with Gasteiger partial charge in [-0.15, -0.1) is 0 Å². The molecule has 112 valence electrons. The van der Waals surface area contributed by atoms with E-state index < -0.39 is 5.60 Å². The third-order valence-corrected chi connectivity index (χ3v) is 6.40. The molecule has 0 aromatic rings. The summed E-state index contributed by atoms with van der Waals surface area (Å²) in [4.78, 5) is 0. The lowest BCUT2D eigenvalue weighted by atomic mass is 9.52. The topological polar surface area (TPSA) is 46.2 Å². The van der Waals surface area contributed by atoms with Crippen LogP contribution in [0.3, 0.4) is 0 Å². The average molecular weight is 267 g/mol. The maximum absolute atomic E-state index is 11.5. The largest absolute Gasteiger partial charge is 0.389 e. The highest BCUT2D eigenvalue weighted by Crippen LogP contribution is 2.56. The summed E-state index contributed by atoms with van der Waals surface area (Å²) >= 11 is 0. The van der Waals surface area contributed by atoms with Gasteiger partial charge in [0.1, 0.15) is 0 Å². The zero-order chi connectivity index (χ0) is 14.1. The zero-order valence-electron chi connectivity index (χ0n) is 13.2. The Balaban J connectivity index is 2.24. The molecule has 0 bridgehead atoms. The van der Waals surface area contributed by atoms with Gasteiger partial charge in [0.15, 0.2) is 0 Å². The number of nitrogens with two attached hydrogens (primary N) is 1. The SMILES string of the molecule is CCC1CCCCC1(O)C1(CN)CCC(C)(C)CC1. The van der Waals surface area contributed by atoms with E-state index in [4.69, 9.17) is 5.73 Å². The summed E-state index contributed by atoms with van der Waals surface area (Å²) in [5.74, 6) is 0.464. The van der Waals surface area contributed by atoms with Crippen LogP contribution in [0.2, 0.25) is 0 Å². The smallest absolute Gasteiger partial charge is 0.0743 e. The second-order valence-electron chi connectivity index (χ2n) is 7.92. The third-order valence-electron chi connectivity index (χ3n) is 6.40. The minimum Gasteiger partial charge on any atom is -0.389 e. The summed E-state index contributed by atoms with van der Waals surface area (Å²) in [5.41, 5.74) is 6.13. The summed E-state index contributed by atoms with van der Waals surface area (Å²) in [7, 11) is 0. The summed E-state index contributed by atoms with van der Waals surface area (Å²) < 4.78 is 0. The first-order valence-electron chi connectivity index (χ1n) is 8.32. The van der Waals surface area contributed by atoms with Gasteiger partial charge in [0.2, 0.25) is 0 Å². The summed E-state index contributed by atoms with van der Waals surface area (Å²) in [5, 5.41) is 11.5. The Kier molecular flexibility index (Phi) is 4.32. The molecule has 0 aromatic heterocycles. The van der Waals surface area contributed by atoms with Crippen molar-refractivity contribution in [3.8, 4) is 0 Å². The quantitative estimate of drug-likeness (QED) is 0.815. The first-order valence-corrected chi connectivity index (χ1v) is 8.32. The second-order valence-corrected chi connectivity index (χ2v) is 7.92. The Morgan fingerprint density at radius 2 is 1.68 bits per heavy atom. The normalized spacial score (nSPS) is 38.1. The number of hydrogen-bond acceptors (Lipinski definition) is 2. The molecule has 0 spiro atoms. The van der Waals surface area contributed by atoms with Crippen LogP contribution in [0.15, 0.2) is 0 Å². The molecule has 2 nitrogen and oxygen atoms in total. The number of hydrogen-bond donors (Lipinski definition) is 2. The molecule has 3 N–H and O–H groups in total. The molecule has 0 amide bonds. The van der Waals surface area contributed by atoms with E-state index in [1.54, 1.807) is 0 Å². The Labute approximate surface area is 119 Å². The zero-order valence-corrected chi connectivity index (χ0v) is 13.2. The van der Waals surface area contributed by atoms with Gasteiger partial charge in [0.05, 0.1) is 5.60 Å². The van der Waals surface area contributed by atoms with Crippen LogP contribution in [0.1, 0.15) is 78.6 Å². The van der Waals surface area contributed by atoms with E-state index in [-0.39, 0.29) is 5.41 Å². The van der Waals surface area contributed by atoms with Gasteiger partial charge in [-0.1, -0.05) is 40.0 Å². The lowest BCUT2D eigenvalue weighted by molar-refractivity contribution is -0.166. The Morgan fingerprint density at radius 3 is 2.21 bits per heavy atom. The Bertz CT molecular complexity index is 302. The molecule has 2 aliphatic rings. The van der Waals surface area contributed by atoms with Crippen molar-refractivity contribution in [2.24, 2.45) is 22.5 Å². The average Bonchev–Trinajstić information content (AvgIpc) is 2.39. The van der Waals surface area contributed by atoms with Crippen LogP contribution in [-0.4, -0.2) is 17.3 Å². The maximum atomic E-state index is 11.5. The summed E-state index contributed by atoms with van der Waals surface area (Å²) in [6.45, 7) is 7.61. The van der Waals surface area contributed by atoms with E-state index in [0.29, 0.717) is 17.9 Å². The van der Waals surface area contributed by atoms with Crippen molar-refractivity contribution >= 4 is 0 Å². The van der Waals surface area contributed by atoms with Gasteiger partial charge in [-0.3, -0.25) is 0 Å². The van der Waals surface area contributed by atoms with Gasteiger partial charge in [0, 0.05) is 12.0 Å². The highest BCUT2D eigenvalue weighted by atomic mass is 16.3. The maximum Gasteiger partial charge on any atom is 0.0743 e. The Hall–Kier alpha value is -0.0800. The van der Waals surface area contributed by atoms with E-state index in [0.717, 1.165) is 25.7 Å². The van der Waals surface area contributed by atoms with Crippen LogP contribution in [0, 0.1) is 16.7 Å². The molecule has 0 aromatic carbocycles. The minimum absolute atomic E-state index is 0.0103. The molecule has 2 saturated carbocycles. The van der Waals surface area contributed by atoms with E-state index in [9.17, 15) is 5.11 Å². The fourth-order valence-electron chi connectivity index (χ4n) is 4.69. The third kappa shape index (κ3) is 2.58. The van der Waals surface area contributed by atoms with Gasteiger partial charge in [-0.05, 0) is 49.9 Å². The fourth-order valence-corrected chi connectivity index (χ4v) is 4.69. The van der Waals surface area contributed by atoms with E-state index >= 15 is 0 Å². The number of rotatable bonds is 3. The van der Waals surface area contributed by atoms with Gasteiger partial charge >= 0.3 is 0 Å². The van der Waals surface area contributed by atoms with Crippen molar-refractivity contribution in [3.63, 3.8) is 0 Å². The number of aliphatic hydroxyl groups is 1. The molecule has 0 aliphatic heterocycles. The predicted molar refractivity (Wildman–Crippen MR) is 80.9 cm³/mol. The standard InChI is InChI=1S/C17H33NO/c1-4-14-7-5-6-8-17(14,19)16(13-18)11-9-15(2,3)10-12-16/h14,19H,4-13,18H2,1-3H3. The molecule has 0 saturated heterocycles. The van der Waals surface area contributed by atoms with Crippen LogP contribution < -0.4 is 5.73 Å². The van der Waals surface area contributed by atoms with Gasteiger partial charge < -0.3 is 10.8 Å². The van der Waals surface area contributed by atoms with Crippen molar-refractivity contribution in [2.45, 2.75) is 84.2 Å². The fraction of sp³-hybridized carbons (Fsp3) is 1.00. The molecular weight excluding hydrogens is 234 g/mol. The van der Waals surface area contributed by atoms with Crippen molar-refractivity contribution in [1.29, 1.82) is 0 Å². The van der Waals surface area contributed by atoms with Crippen molar-refractivity contribution < 1.29 is 5.11 Å². The lowest BCUT2D eigenvalue weighted by Crippen LogP contribution is -2.59. The van der Waals surface area contributed by atoms with Crippen LogP contribution in [0.4, 0.5) is 0 Å². The molecule has 2 fully saturated rings. The first-order chi connectivity index (χ1) is 8.89. The molecule has 2 heteroatoms. The van der Waals surface area contributed by atoms with Gasteiger partial charge in [0.25, 0.3) is 0 Å². The summed E-state index contributed by atoms with van der Waals surface area (Å²) in [6.07, 6.45) is 10.4. The Morgan fingerprint density at radius 1 is 1.05 bits per heavy atom. The van der Waals surface area contributed by atoms with Crippen LogP contribution in [0.5, 0.6) is 0 Å². The monoisotopic (exact) mass is 267 g/mol. The predicted octanol–water partition coefficient (Wildman–Crippen LogP) is 3.86. The molecule has 2 rings (SSSR count). The molecule has 0 radical (unpaired) electrons. The van der Waals surface area contributed by atoms with Gasteiger partial charge in [-0.2, -0.15) is 0 Å². The van der Waals surface area contributed by atoms with Crippen molar-refractivity contribution in [2.75, 3.05) is 6.54 Å². The highest BCUT2D eigenvalue weighted by Gasteiger charge is 2.55. The van der Waals surface area contributed by atoms with Crippen LogP contribution >= 0.6 is 0 Å². The molecule has 2 unspecified atom stereocenters. The van der Waals surface area contributed by atoms with Crippen molar-refractivity contribution in [3.05, 3.63) is 0 Å². The van der Waals surface area contributed by atoms with Crippen molar-refractivity contribution in [1.82, 2.24) is 0 Å². The van der Waals surface area contributed by atoms with E-state index in [1.807, 2.05) is 0 Å². The van der Waals surface area contributed by atoms with E-state index in [1.165, 1.54) is 32.1 Å². The molecule has 19 heavy (non-hydrogen) atoms. The molecule has 2 atom stereocenters. The van der Waals surface area contributed by atoms with Crippen LogP contribution in [0.25, 0.3) is 0 Å². The first kappa shape index (κ1) is 15.3. The minimum atomic E-state index is -0.495.